The highest BCUT2D eigenvalue weighted by Gasteiger charge is 2.08. The molecule has 138 valence electrons. The predicted octanol–water partition coefficient (Wildman–Crippen LogP) is 3.53. The van der Waals surface area contributed by atoms with Gasteiger partial charge in [0.15, 0.2) is 5.11 Å². The third kappa shape index (κ3) is 6.37. The van der Waals surface area contributed by atoms with Gasteiger partial charge in [-0.25, -0.2) is 0 Å². The van der Waals surface area contributed by atoms with Crippen LogP contribution in [0.15, 0.2) is 48.5 Å². The van der Waals surface area contributed by atoms with Crippen LogP contribution in [0.3, 0.4) is 0 Å². The summed E-state index contributed by atoms with van der Waals surface area (Å²) in [5.74, 6) is 1.74. The van der Waals surface area contributed by atoms with Crippen LogP contribution in [0.25, 0.3) is 0 Å². The van der Waals surface area contributed by atoms with E-state index in [1.807, 2.05) is 24.3 Å². The van der Waals surface area contributed by atoms with Crippen molar-refractivity contribution in [1.29, 1.82) is 0 Å². The first-order chi connectivity index (χ1) is 12.5. The topological polar surface area (TPSA) is 59.6 Å². The van der Waals surface area contributed by atoms with Gasteiger partial charge >= 0.3 is 0 Å². The minimum Gasteiger partial charge on any atom is -0.497 e. The second-order valence-corrected chi connectivity index (χ2v) is 6.62. The fourth-order valence-electron chi connectivity index (χ4n) is 2.11. The smallest absolute Gasteiger partial charge is 0.257 e. The van der Waals surface area contributed by atoms with E-state index in [-0.39, 0.29) is 11.0 Å². The van der Waals surface area contributed by atoms with Crippen molar-refractivity contribution < 1.29 is 14.3 Å². The SMILES string of the molecule is COc1ccc(CNC(=S)NC(=O)c2ccc(OCC(C)C)cc2)cc1. The lowest BCUT2D eigenvalue weighted by molar-refractivity contribution is 0.0976. The Hall–Kier alpha value is -2.60. The quantitative estimate of drug-likeness (QED) is 0.728. The third-order valence-electron chi connectivity index (χ3n) is 3.54. The van der Waals surface area contributed by atoms with E-state index in [0.717, 1.165) is 17.1 Å². The molecule has 0 radical (unpaired) electrons. The number of carbonyl (C=O) groups excluding carboxylic acids is 1. The molecule has 0 bridgehead atoms. The van der Waals surface area contributed by atoms with E-state index in [1.54, 1.807) is 31.4 Å². The Labute approximate surface area is 159 Å². The van der Waals surface area contributed by atoms with Crippen molar-refractivity contribution in [2.24, 2.45) is 5.92 Å². The standard InChI is InChI=1S/C20H24N2O3S/c1-14(2)13-25-18-10-6-16(7-11-18)19(23)22-20(26)21-12-15-4-8-17(24-3)9-5-15/h4-11,14H,12-13H2,1-3H3,(H2,21,22,23,26). The van der Waals surface area contributed by atoms with E-state index in [0.29, 0.717) is 24.6 Å². The zero-order valence-electron chi connectivity index (χ0n) is 15.2. The molecular formula is C20H24N2O3S. The highest BCUT2D eigenvalue weighted by molar-refractivity contribution is 7.80. The molecule has 0 fully saturated rings. The lowest BCUT2D eigenvalue weighted by Gasteiger charge is -2.11. The van der Waals surface area contributed by atoms with Crippen molar-refractivity contribution in [2.45, 2.75) is 20.4 Å². The molecule has 26 heavy (non-hydrogen) atoms. The first-order valence-corrected chi connectivity index (χ1v) is 8.83. The van der Waals surface area contributed by atoms with Gasteiger partial charge in [0.2, 0.25) is 0 Å². The number of thiocarbonyl (C=S) groups is 1. The highest BCUT2D eigenvalue weighted by atomic mass is 32.1. The summed E-state index contributed by atoms with van der Waals surface area (Å²) < 4.78 is 10.7. The zero-order chi connectivity index (χ0) is 18.9. The van der Waals surface area contributed by atoms with Crippen molar-refractivity contribution in [2.75, 3.05) is 13.7 Å². The molecule has 0 aliphatic heterocycles. The van der Waals surface area contributed by atoms with Gasteiger partial charge in [-0.2, -0.15) is 0 Å². The highest BCUT2D eigenvalue weighted by Crippen LogP contribution is 2.13. The van der Waals surface area contributed by atoms with E-state index in [1.165, 1.54) is 0 Å². The third-order valence-corrected chi connectivity index (χ3v) is 3.79. The number of hydrogen-bond acceptors (Lipinski definition) is 4. The van der Waals surface area contributed by atoms with E-state index < -0.39 is 0 Å². The predicted molar refractivity (Wildman–Crippen MR) is 107 cm³/mol. The number of hydrogen-bond donors (Lipinski definition) is 2. The molecule has 0 aliphatic rings. The second kappa shape index (κ2) is 9.77. The molecule has 0 atom stereocenters. The van der Waals surface area contributed by atoms with Gasteiger partial charge in [0.05, 0.1) is 13.7 Å². The van der Waals surface area contributed by atoms with Crippen molar-refractivity contribution in [3.8, 4) is 11.5 Å². The van der Waals surface area contributed by atoms with E-state index in [4.69, 9.17) is 21.7 Å². The van der Waals surface area contributed by atoms with Crippen LogP contribution >= 0.6 is 12.2 Å². The molecule has 2 N–H and O–H groups in total. The summed E-state index contributed by atoms with van der Waals surface area (Å²) in [6.07, 6.45) is 0. The molecule has 6 heteroatoms. The Kier molecular flexibility index (Phi) is 7.41. The average Bonchev–Trinajstić information content (AvgIpc) is 2.65. The summed E-state index contributed by atoms with van der Waals surface area (Å²) in [7, 11) is 1.63. The number of carbonyl (C=O) groups is 1. The average molecular weight is 372 g/mol. The molecule has 0 saturated carbocycles. The Bertz CT molecular complexity index is 728. The number of rotatable bonds is 7. The molecule has 0 unspecified atom stereocenters. The molecule has 2 aromatic rings. The lowest BCUT2D eigenvalue weighted by Crippen LogP contribution is -2.38. The van der Waals surface area contributed by atoms with Crippen molar-refractivity contribution >= 4 is 23.2 Å². The molecular weight excluding hydrogens is 348 g/mol. The number of ether oxygens (including phenoxy) is 2. The van der Waals surface area contributed by atoms with E-state index in [9.17, 15) is 4.79 Å². The van der Waals surface area contributed by atoms with Crippen molar-refractivity contribution in [1.82, 2.24) is 10.6 Å². The van der Waals surface area contributed by atoms with Crippen LogP contribution < -0.4 is 20.1 Å². The zero-order valence-corrected chi connectivity index (χ0v) is 16.1. The summed E-state index contributed by atoms with van der Waals surface area (Å²) in [6.45, 7) is 5.33. The van der Waals surface area contributed by atoms with Gasteiger partial charge in [0.25, 0.3) is 5.91 Å². The maximum absolute atomic E-state index is 12.2. The Morgan fingerprint density at radius 3 is 2.23 bits per heavy atom. The number of benzene rings is 2. The monoisotopic (exact) mass is 372 g/mol. The Morgan fingerprint density at radius 2 is 1.65 bits per heavy atom. The van der Waals surface area contributed by atoms with Gasteiger partial charge in [0, 0.05) is 12.1 Å². The molecule has 0 spiro atoms. The number of amides is 1. The molecule has 2 rings (SSSR count). The fourth-order valence-corrected chi connectivity index (χ4v) is 2.28. The molecule has 5 nitrogen and oxygen atoms in total. The largest absolute Gasteiger partial charge is 0.497 e. The van der Waals surface area contributed by atoms with Crippen LogP contribution in [0.1, 0.15) is 29.8 Å². The van der Waals surface area contributed by atoms with Gasteiger partial charge in [-0.05, 0) is 60.1 Å². The Morgan fingerprint density at radius 1 is 1.04 bits per heavy atom. The van der Waals surface area contributed by atoms with Gasteiger partial charge in [-0.15, -0.1) is 0 Å². The summed E-state index contributed by atoms with van der Waals surface area (Å²) >= 11 is 5.18. The number of nitrogens with one attached hydrogen (secondary N) is 2. The van der Waals surface area contributed by atoms with Crippen LogP contribution in [-0.4, -0.2) is 24.7 Å². The second-order valence-electron chi connectivity index (χ2n) is 6.21. The van der Waals surface area contributed by atoms with Gasteiger partial charge < -0.3 is 14.8 Å². The summed E-state index contributed by atoms with van der Waals surface area (Å²) in [5, 5.41) is 5.97. The van der Waals surface area contributed by atoms with Gasteiger partial charge in [0.1, 0.15) is 11.5 Å². The van der Waals surface area contributed by atoms with Gasteiger partial charge in [-0.1, -0.05) is 26.0 Å². The maximum atomic E-state index is 12.2. The maximum Gasteiger partial charge on any atom is 0.257 e. The molecule has 0 saturated heterocycles. The summed E-state index contributed by atoms with van der Waals surface area (Å²) in [6, 6.07) is 14.6. The molecule has 2 aromatic carbocycles. The first kappa shape index (κ1) is 19.7. The van der Waals surface area contributed by atoms with E-state index in [2.05, 4.69) is 24.5 Å². The minimum absolute atomic E-state index is 0.257. The van der Waals surface area contributed by atoms with E-state index >= 15 is 0 Å². The summed E-state index contributed by atoms with van der Waals surface area (Å²) in [5.41, 5.74) is 1.56. The molecule has 0 heterocycles. The molecule has 0 aromatic heterocycles. The van der Waals surface area contributed by atoms with Crippen LogP contribution in [0.5, 0.6) is 11.5 Å². The van der Waals surface area contributed by atoms with Gasteiger partial charge in [-0.3, -0.25) is 10.1 Å². The van der Waals surface area contributed by atoms with Crippen molar-refractivity contribution in [3.05, 3.63) is 59.7 Å². The Balaban J connectivity index is 1.81. The van der Waals surface area contributed by atoms with Crippen molar-refractivity contribution in [3.63, 3.8) is 0 Å². The summed E-state index contributed by atoms with van der Waals surface area (Å²) in [4.78, 5) is 12.2. The number of methoxy groups -OCH3 is 1. The van der Waals surface area contributed by atoms with Crippen LogP contribution in [0, 0.1) is 5.92 Å². The normalized spacial score (nSPS) is 10.3. The lowest BCUT2D eigenvalue weighted by atomic mass is 10.2. The van der Waals surface area contributed by atoms with Crippen LogP contribution in [0.2, 0.25) is 0 Å². The molecule has 1 amide bonds. The van der Waals surface area contributed by atoms with Crippen LogP contribution in [0.4, 0.5) is 0 Å². The fraction of sp³-hybridized carbons (Fsp3) is 0.300. The minimum atomic E-state index is -0.257. The van der Waals surface area contributed by atoms with Crippen LogP contribution in [-0.2, 0) is 6.54 Å². The first-order valence-electron chi connectivity index (χ1n) is 8.43. The molecule has 0 aliphatic carbocycles.